The molecule has 0 radical (unpaired) electrons. The van der Waals surface area contributed by atoms with Crippen molar-refractivity contribution in [2.45, 2.75) is 33.2 Å². The highest BCUT2D eigenvalue weighted by molar-refractivity contribution is 5.77. The van der Waals surface area contributed by atoms with Crippen molar-refractivity contribution in [3.8, 4) is 0 Å². The van der Waals surface area contributed by atoms with Gasteiger partial charge in [-0.15, -0.1) is 0 Å². The molecule has 1 rings (SSSR count). The maximum absolute atomic E-state index is 11.5. The molecule has 1 aromatic carbocycles. The van der Waals surface area contributed by atoms with E-state index >= 15 is 0 Å². The van der Waals surface area contributed by atoms with Gasteiger partial charge in [0.1, 0.15) is 11.4 Å². The Bertz CT molecular complexity index is 465. The van der Waals surface area contributed by atoms with Crippen molar-refractivity contribution < 1.29 is 9.66 Å². The smallest absolute Gasteiger partial charge is 0.315 e. The quantitative estimate of drug-likeness (QED) is 0.559. The number of para-hydroxylation sites is 1. The fraction of sp³-hybridized carbons (Fsp3) is 0.600. The molecule has 1 atom stereocenters. The van der Waals surface area contributed by atoms with E-state index in [0.717, 1.165) is 6.42 Å². The fourth-order valence-electron chi connectivity index (χ4n) is 2.28. The molecule has 0 heterocycles. The molecule has 6 heteroatoms. The van der Waals surface area contributed by atoms with Crippen LogP contribution >= 0.6 is 0 Å². The van der Waals surface area contributed by atoms with E-state index in [-0.39, 0.29) is 16.7 Å². The summed E-state index contributed by atoms with van der Waals surface area (Å²) in [5, 5.41) is 14.6. The summed E-state index contributed by atoms with van der Waals surface area (Å²) in [5.41, 5.74) is 1.34. The molecule has 0 aliphatic carbocycles. The van der Waals surface area contributed by atoms with Crippen LogP contribution in [0.25, 0.3) is 0 Å². The van der Waals surface area contributed by atoms with E-state index in [2.05, 4.69) is 19.2 Å². The van der Waals surface area contributed by atoms with Gasteiger partial charge in [0.15, 0.2) is 0 Å². The van der Waals surface area contributed by atoms with Crippen molar-refractivity contribution in [2.75, 3.05) is 37.0 Å². The maximum atomic E-state index is 11.5. The minimum atomic E-state index is -0.310. The monoisotopic (exact) mass is 295 g/mol. The molecule has 0 bridgehead atoms. The Labute approximate surface area is 126 Å². The molecule has 0 fully saturated rings. The first kappa shape index (κ1) is 17.2. The number of nitro benzene ring substituents is 1. The van der Waals surface area contributed by atoms with E-state index < -0.39 is 0 Å². The number of nitrogens with zero attached hydrogens (tertiary/aromatic N) is 2. The molecule has 0 amide bonds. The maximum Gasteiger partial charge on any atom is 0.315 e. The number of anilines is 2. The van der Waals surface area contributed by atoms with E-state index in [1.54, 1.807) is 19.2 Å². The molecule has 0 aromatic heterocycles. The molecule has 1 N–H and O–H groups in total. The molecule has 21 heavy (non-hydrogen) atoms. The molecule has 0 aliphatic rings. The number of rotatable bonds is 9. The lowest BCUT2D eigenvalue weighted by atomic mass is 10.1. The Kier molecular flexibility index (Phi) is 6.94. The van der Waals surface area contributed by atoms with Gasteiger partial charge < -0.3 is 15.0 Å². The summed E-state index contributed by atoms with van der Waals surface area (Å²) in [6, 6.07) is 5.61. The van der Waals surface area contributed by atoms with Crippen molar-refractivity contribution in [2.24, 2.45) is 0 Å². The number of nitro groups is 1. The molecule has 0 saturated carbocycles. The highest BCUT2D eigenvalue weighted by atomic mass is 16.6. The highest BCUT2D eigenvalue weighted by Crippen LogP contribution is 2.36. The lowest BCUT2D eigenvalue weighted by molar-refractivity contribution is -0.383. The van der Waals surface area contributed by atoms with Gasteiger partial charge in [-0.1, -0.05) is 13.0 Å². The first-order valence-electron chi connectivity index (χ1n) is 7.33. The van der Waals surface area contributed by atoms with Gasteiger partial charge in [-0.25, -0.2) is 0 Å². The van der Waals surface area contributed by atoms with Gasteiger partial charge >= 0.3 is 5.69 Å². The Hall–Kier alpha value is -1.82. The van der Waals surface area contributed by atoms with Crippen LogP contribution in [0.5, 0.6) is 0 Å². The number of hydrogen-bond acceptors (Lipinski definition) is 5. The average Bonchev–Trinajstić information content (AvgIpc) is 2.47. The van der Waals surface area contributed by atoms with Gasteiger partial charge in [-0.2, -0.15) is 0 Å². The summed E-state index contributed by atoms with van der Waals surface area (Å²) in [4.78, 5) is 13.2. The Morgan fingerprint density at radius 3 is 2.67 bits per heavy atom. The number of methoxy groups -OCH3 is 1. The van der Waals surface area contributed by atoms with Crippen molar-refractivity contribution in [1.29, 1.82) is 0 Å². The zero-order valence-electron chi connectivity index (χ0n) is 13.3. The Morgan fingerprint density at radius 2 is 2.14 bits per heavy atom. The largest absolute Gasteiger partial charge is 0.383 e. The Balaban J connectivity index is 3.28. The summed E-state index contributed by atoms with van der Waals surface area (Å²) in [5.74, 6) is 0. The van der Waals surface area contributed by atoms with E-state index in [1.807, 2.05) is 17.9 Å². The van der Waals surface area contributed by atoms with E-state index in [9.17, 15) is 10.1 Å². The Morgan fingerprint density at radius 1 is 1.43 bits per heavy atom. The third-order valence-corrected chi connectivity index (χ3v) is 3.53. The summed E-state index contributed by atoms with van der Waals surface area (Å²) in [7, 11) is 1.64. The third-order valence-electron chi connectivity index (χ3n) is 3.53. The standard InChI is InChI=1S/C15H25N3O3/c1-5-12(3)17(10-11-21-4)14-9-7-8-13(16-6-2)15(14)18(19)20/h7-9,12,16H,5-6,10-11H2,1-4H3. The molecule has 0 spiro atoms. The number of ether oxygens (including phenoxy) is 1. The topological polar surface area (TPSA) is 67.6 Å². The van der Waals surface area contributed by atoms with Gasteiger partial charge in [0, 0.05) is 26.2 Å². The van der Waals surface area contributed by atoms with Crippen molar-refractivity contribution in [1.82, 2.24) is 0 Å². The van der Waals surface area contributed by atoms with Crippen LogP contribution in [0.4, 0.5) is 17.1 Å². The van der Waals surface area contributed by atoms with Crippen LogP contribution in [0.2, 0.25) is 0 Å². The van der Waals surface area contributed by atoms with Crippen LogP contribution < -0.4 is 10.2 Å². The molecule has 118 valence electrons. The second kappa shape index (κ2) is 8.46. The first-order valence-corrected chi connectivity index (χ1v) is 7.33. The van der Waals surface area contributed by atoms with Gasteiger partial charge in [0.05, 0.1) is 11.5 Å². The summed E-state index contributed by atoms with van der Waals surface area (Å²) < 4.78 is 5.14. The zero-order valence-corrected chi connectivity index (χ0v) is 13.3. The molecule has 1 unspecified atom stereocenters. The van der Waals surface area contributed by atoms with E-state index in [4.69, 9.17) is 4.74 Å². The normalized spacial score (nSPS) is 12.0. The minimum Gasteiger partial charge on any atom is -0.383 e. The number of nitrogens with one attached hydrogen (secondary N) is 1. The lowest BCUT2D eigenvalue weighted by Crippen LogP contribution is -2.36. The van der Waals surface area contributed by atoms with Crippen LogP contribution in [0.15, 0.2) is 18.2 Å². The van der Waals surface area contributed by atoms with Crippen LogP contribution in [0.1, 0.15) is 27.2 Å². The fourth-order valence-corrected chi connectivity index (χ4v) is 2.28. The summed E-state index contributed by atoms with van der Waals surface area (Å²) >= 11 is 0. The second-order valence-corrected chi connectivity index (χ2v) is 4.90. The molecule has 1 aromatic rings. The van der Waals surface area contributed by atoms with E-state index in [0.29, 0.717) is 31.1 Å². The van der Waals surface area contributed by atoms with Gasteiger partial charge in [0.25, 0.3) is 0 Å². The second-order valence-electron chi connectivity index (χ2n) is 4.90. The molecule has 6 nitrogen and oxygen atoms in total. The van der Waals surface area contributed by atoms with E-state index in [1.165, 1.54) is 0 Å². The van der Waals surface area contributed by atoms with Gasteiger partial charge in [-0.3, -0.25) is 10.1 Å². The van der Waals surface area contributed by atoms with Crippen molar-refractivity contribution >= 4 is 17.1 Å². The number of benzene rings is 1. The average molecular weight is 295 g/mol. The van der Waals surface area contributed by atoms with Crippen molar-refractivity contribution in [3.63, 3.8) is 0 Å². The molecule has 0 aliphatic heterocycles. The van der Waals surface area contributed by atoms with Gasteiger partial charge in [-0.05, 0) is 32.4 Å². The molecule has 0 saturated heterocycles. The number of hydrogen-bond donors (Lipinski definition) is 1. The zero-order chi connectivity index (χ0) is 15.8. The lowest BCUT2D eigenvalue weighted by Gasteiger charge is -2.30. The predicted molar refractivity (Wildman–Crippen MR) is 86.2 cm³/mol. The van der Waals surface area contributed by atoms with Crippen molar-refractivity contribution in [3.05, 3.63) is 28.3 Å². The first-order chi connectivity index (χ1) is 10.1. The summed E-state index contributed by atoms with van der Waals surface area (Å²) in [6.45, 7) is 7.87. The molecular weight excluding hydrogens is 270 g/mol. The van der Waals surface area contributed by atoms with Crippen LogP contribution in [0.3, 0.4) is 0 Å². The molecular formula is C15H25N3O3. The summed E-state index contributed by atoms with van der Waals surface area (Å²) in [6.07, 6.45) is 0.909. The van der Waals surface area contributed by atoms with Crippen LogP contribution in [-0.2, 0) is 4.74 Å². The highest BCUT2D eigenvalue weighted by Gasteiger charge is 2.25. The van der Waals surface area contributed by atoms with Crippen LogP contribution in [-0.4, -0.2) is 37.8 Å². The van der Waals surface area contributed by atoms with Crippen LogP contribution in [0, 0.1) is 10.1 Å². The minimum absolute atomic E-state index is 0.135. The SMILES string of the molecule is CCNc1cccc(N(CCOC)C(C)CC)c1[N+](=O)[O-]. The van der Waals surface area contributed by atoms with Gasteiger partial charge in [0.2, 0.25) is 0 Å². The third kappa shape index (κ3) is 4.32. The predicted octanol–water partition coefficient (Wildman–Crippen LogP) is 3.28.